The Morgan fingerprint density at radius 3 is 2.93 bits per heavy atom. The van der Waals surface area contributed by atoms with Crippen LogP contribution in [0.5, 0.6) is 11.5 Å². The molecular formula is C22H18N2O3S. The minimum Gasteiger partial charge on any atom is -0.454 e. The Bertz CT molecular complexity index is 1070. The first-order chi connectivity index (χ1) is 13.7. The molecule has 0 spiro atoms. The molecule has 0 radical (unpaired) electrons. The molecule has 2 heterocycles. The van der Waals surface area contributed by atoms with Crippen LogP contribution in [0.2, 0.25) is 0 Å². The number of fused-ring (bicyclic) bond motifs is 1. The topological polar surface area (TPSA) is 51.7 Å². The molecule has 4 rings (SSSR count). The summed E-state index contributed by atoms with van der Waals surface area (Å²) in [4.78, 5) is 19.2. The van der Waals surface area contributed by atoms with E-state index in [-0.39, 0.29) is 19.1 Å². The molecule has 1 aromatic heterocycles. The molecule has 1 aliphatic heterocycles. The van der Waals surface area contributed by atoms with Crippen LogP contribution in [0.1, 0.15) is 18.2 Å². The third-order valence-electron chi connectivity index (χ3n) is 4.45. The van der Waals surface area contributed by atoms with E-state index in [0.717, 1.165) is 39.0 Å². The molecule has 0 bridgehead atoms. The third kappa shape index (κ3) is 3.57. The summed E-state index contributed by atoms with van der Waals surface area (Å²) in [6.07, 6.45) is 5.70. The van der Waals surface area contributed by atoms with Crippen molar-refractivity contribution in [3.63, 3.8) is 0 Å². The Morgan fingerprint density at radius 1 is 1.25 bits per heavy atom. The van der Waals surface area contributed by atoms with Gasteiger partial charge in [-0.15, -0.1) is 17.8 Å². The number of nitrogens with zero attached hydrogens (tertiary/aromatic N) is 2. The molecule has 0 atom stereocenters. The van der Waals surface area contributed by atoms with E-state index in [1.165, 1.54) is 11.3 Å². The number of carbonyl (C=O) groups is 1. The summed E-state index contributed by atoms with van der Waals surface area (Å²) in [5, 5.41) is 2.77. The molecule has 1 aliphatic rings. The number of hydrogen-bond donors (Lipinski definition) is 0. The van der Waals surface area contributed by atoms with Gasteiger partial charge in [-0.05, 0) is 43.3 Å². The van der Waals surface area contributed by atoms with Gasteiger partial charge in [0.15, 0.2) is 11.5 Å². The van der Waals surface area contributed by atoms with E-state index in [1.54, 1.807) is 4.90 Å². The van der Waals surface area contributed by atoms with Crippen molar-refractivity contribution in [3.05, 3.63) is 59.1 Å². The first-order valence-electron chi connectivity index (χ1n) is 8.89. The van der Waals surface area contributed by atoms with Crippen LogP contribution in [0.3, 0.4) is 0 Å². The van der Waals surface area contributed by atoms with Crippen LogP contribution >= 0.6 is 11.3 Å². The minimum atomic E-state index is -0.0146. The van der Waals surface area contributed by atoms with Crippen molar-refractivity contribution in [3.8, 4) is 34.4 Å². The van der Waals surface area contributed by atoms with Gasteiger partial charge in [-0.3, -0.25) is 4.79 Å². The average Bonchev–Trinajstić information content (AvgIpc) is 3.37. The van der Waals surface area contributed by atoms with Gasteiger partial charge in [0.05, 0.1) is 12.1 Å². The van der Waals surface area contributed by atoms with E-state index in [2.05, 4.69) is 10.9 Å². The number of rotatable bonds is 5. The molecule has 0 unspecified atom stereocenters. The Labute approximate surface area is 167 Å². The number of likely N-dealkylation sites (N-methyl/N-ethyl adjacent to an activating group) is 1. The number of carbonyl (C=O) groups excluding carboxylic acids is 1. The van der Waals surface area contributed by atoms with Gasteiger partial charge in [0.25, 0.3) is 0 Å². The second kappa shape index (κ2) is 7.75. The summed E-state index contributed by atoms with van der Waals surface area (Å²) in [5.41, 5.74) is 3.24. The smallest absolute Gasteiger partial charge is 0.233 e. The number of anilines is 1. The second-order valence-electron chi connectivity index (χ2n) is 6.22. The lowest BCUT2D eigenvalue weighted by atomic mass is 10.2. The van der Waals surface area contributed by atoms with Gasteiger partial charge in [0.2, 0.25) is 12.7 Å². The molecule has 0 fully saturated rings. The number of terminal acetylenes is 1. The molecule has 0 aliphatic carbocycles. The van der Waals surface area contributed by atoms with Gasteiger partial charge in [0.1, 0.15) is 5.01 Å². The lowest BCUT2D eigenvalue weighted by molar-refractivity contribution is -0.118. The highest BCUT2D eigenvalue weighted by Crippen LogP contribution is 2.36. The van der Waals surface area contributed by atoms with Crippen LogP contribution < -0.4 is 14.4 Å². The van der Waals surface area contributed by atoms with Gasteiger partial charge >= 0.3 is 0 Å². The second-order valence-corrected chi connectivity index (χ2v) is 7.08. The van der Waals surface area contributed by atoms with Gasteiger partial charge < -0.3 is 14.4 Å². The molecule has 0 saturated carbocycles. The fourth-order valence-electron chi connectivity index (χ4n) is 3.07. The largest absolute Gasteiger partial charge is 0.454 e. The van der Waals surface area contributed by atoms with Gasteiger partial charge in [-0.25, -0.2) is 4.98 Å². The van der Waals surface area contributed by atoms with Gasteiger partial charge in [-0.1, -0.05) is 12.0 Å². The van der Waals surface area contributed by atoms with Crippen molar-refractivity contribution in [2.75, 3.05) is 18.2 Å². The van der Waals surface area contributed by atoms with E-state index >= 15 is 0 Å². The number of ether oxygens (including phenoxy) is 2. The summed E-state index contributed by atoms with van der Waals surface area (Å²) in [6, 6.07) is 13.2. The lowest BCUT2D eigenvalue weighted by Crippen LogP contribution is -2.32. The number of amides is 1. The lowest BCUT2D eigenvalue weighted by Gasteiger charge is -2.21. The van der Waals surface area contributed by atoms with E-state index in [0.29, 0.717) is 6.54 Å². The van der Waals surface area contributed by atoms with Crippen molar-refractivity contribution in [2.24, 2.45) is 0 Å². The Morgan fingerprint density at radius 2 is 2.11 bits per heavy atom. The monoisotopic (exact) mass is 390 g/mol. The van der Waals surface area contributed by atoms with Gasteiger partial charge in [0, 0.05) is 28.7 Å². The molecule has 0 N–H and O–H groups in total. The molecule has 1 amide bonds. The molecule has 5 nitrogen and oxygen atoms in total. The minimum absolute atomic E-state index is 0.0146. The van der Waals surface area contributed by atoms with E-state index in [1.807, 2.05) is 54.8 Å². The van der Waals surface area contributed by atoms with E-state index in [9.17, 15) is 4.79 Å². The zero-order chi connectivity index (χ0) is 19.5. The fourth-order valence-corrected chi connectivity index (χ4v) is 3.88. The zero-order valence-electron chi connectivity index (χ0n) is 15.3. The molecule has 3 aromatic rings. The van der Waals surface area contributed by atoms with Crippen molar-refractivity contribution < 1.29 is 14.3 Å². The average molecular weight is 390 g/mol. The maximum absolute atomic E-state index is 12.8. The van der Waals surface area contributed by atoms with Crippen molar-refractivity contribution in [1.82, 2.24) is 4.98 Å². The van der Waals surface area contributed by atoms with Crippen LogP contribution in [-0.4, -0.2) is 24.2 Å². The van der Waals surface area contributed by atoms with Crippen LogP contribution in [0.25, 0.3) is 10.6 Å². The maximum Gasteiger partial charge on any atom is 0.233 e. The molecule has 28 heavy (non-hydrogen) atoms. The molecule has 6 heteroatoms. The van der Waals surface area contributed by atoms with Crippen molar-refractivity contribution in [2.45, 2.75) is 13.3 Å². The molecule has 2 aromatic carbocycles. The van der Waals surface area contributed by atoms with E-state index in [4.69, 9.17) is 15.9 Å². The Balaban J connectivity index is 1.51. The number of thiazole rings is 1. The van der Waals surface area contributed by atoms with Crippen LogP contribution in [0.15, 0.2) is 47.8 Å². The maximum atomic E-state index is 12.8. The predicted molar refractivity (Wildman–Crippen MR) is 110 cm³/mol. The quantitative estimate of drug-likeness (QED) is 0.615. The molecule has 140 valence electrons. The summed E-state index contributed by atoms with van der Waals surface area (Å²) in [7, 11) is 0. The summed E-state index contributed by atoms with van der Waals surface area (Å²) in [6.45, 7) is 2.75. The molecular weight excluding hydrogens is 372 g/mol. The SMILES string of the molecule is C#Cc1cccc(N(CC)C(=O)Cc2csc(-c3ccc4c(c3)OCO4)n2)c1. The normalized spacial score (nSPS) is 11.9. The summed E-state index contributed by atoms with van der Waals surface area (Å²) >= 11 is 1.51. The number of benzene rings is 2. The first kappa shape index (κ1) is 18.1. The highest BCUT2D eigenvalue weighted by molar-refractivity contribution is 7.13. The van der Waals surface area contributed by atoms with Crippen LogP contribution in [-0.2, 0) is 11.2 Å². The predicted octanol–water partition coefficient (Wildman–Crippen LogP) is 4.12. The highest BCUT2D eigenvalue weighted by Gasteiger charge is 2.18. The van der Waals surface area contributed by atoms with Crippen LogP contribution in [0, 0.1) is 12.3 Å². The van der Waals surface area contributed by atoms with Crippen LogP contribution in [0.4, 0.5) is 5.69 Å². The highest BCUT2D eigenvalue weighted by atomic mass is 32.1. The summed E-state index contributed by atoms with van der Waals surface area (Å²) < 4.78 is 10.8. The van der Waals surface area contributed by atoms with E-state index < -0.39 is 0 Å². The Kier molecular flexibility index (Phi) is 5.00. The Hall–Kier alpha value is -3.30. The number of hydrogen-bond acceptors (Lipinski definition) is 5. The number of aromatic nitrogens is 1. The zero-order valence-corrected chi connectivity index (χ0v) is 16.2. The first-order valence-corrected chi connectivity index (χ1v) is 9.77. The van der Waals surface area contributed by atoms with Crippen molar-refractivity contribution >= 4 is 22.9 Å². The third-order valence-corrected chi connectivity index (χ3v) is 5.39. The fraction of sp³-hybridized carbons (Fsp3) is 0.182. The van der Waals surface area contributed by atoms with Gasteiger partial charge in [-0.2, -0.15) is 0 Å². The molecule has 0 saturated heterocycles. The van der Waals surface area contributed by atoms with Crippen molar-refractivity contribution in [1.29, 1.82) is 0 Å². The summed E-state index contributed by atoms with van der Waals surface area (Å²) in [5.74, 6) is 4.05. The standard InChI is InChI=1S/C22H18N2O3S/c1-3-15-6-5-7-18(10-15)24(4-2)21(25)12-17-13-28-22(23-17)16-8-9-19-20(11-16)27-14-26-19/h1,5-11,13H,4,12,14H2,2H3.